The molecule has 5 nitrogen and oxygen atoms in total. The molecule has 0 aromatic heterocycles. The summed E-state index contributed by atoms with van der Waals surface area (Å²) in [5, 5.41) is 6.24. The molecular formula is C23H24N2O3. The Morgan fingerprint density at radius 3 is 2.11 bits per heavy atom. The summed E-state index contributed by atoms with van der Waals surface area (Å²) in [5.74, 6) is 1.35. The standard InChI is InChI=1S/C23H24N2O3/c1-27-21-14-13-20(16-22(21)28-2)24-18-9-11-19(12-10-18)25-23(26)15-8-17-6-4-3-5-7-17/h3-7,9-14,16,24H,8,15H2,1-2H3,(H,25,26). The number of carbonyl (C=O) groups excluding carboxylic acids is 1. The molecule has 3 rings (SSSR count). The van der Waals surface area contributed by atoms with Crippen LogP contribution in [0.2, 0.25) is 0 Å². The lowest BCUT2D eigenvalue weighted by Crippen LogP contribution is -2.12. The molecule has 0 aliphatic heterocycles. The van der Waals surface area contributed by atoms with E-state index in [0.717, 1.165) is 29.0 Å². The minimum Gasteiger partial charge on any atom is -0.493 e. The molecule has 0 saturated heterocycles. The summed E-state index contributed by atoms with van der Waals surface area (Å²) in [7, 11) is 3.22. The molecule has 0 bridgehead atoms. The zero-order valence-electron chi connectivity index (χ0n) is 16.1. The number of aryl methyl sites for hydroxylation is 1. The smallest absolute Gasteiger partial charge is 0.224 e. The molecular weight excluding hydrogens is 352 g/mol. The molecule has 144 valence electrons. The Morgan fingerprint density at radius 1 is 0.786 bits per heavy atom. The van der Waals surface area contributed by atoms with Crippen LogP contribution in [0.25, 0.3) is 0 Å². The van der Waals surface area contributed by atoms with Crippen LogP contribution in [0.15, 0.2) is 72.8 Å². The minimum absolute atomic E-state index is 0.00412. The molecule has 0 atom stereocenters. The third-order valence-corrected chi connectivity index (χ3v) is 4.32. The van der Waals surface area contributed by atoms with Gasteiger partial charge in [0, 0.05) is 29.5 Å². The highest BCUT2D eigenvalue weighted by Gasteiger charge is 2.06. The van der Waals surface area contributed by atoms with Crippen molar-refractivity contribution < 1.29 is 14.3 Å². The summed E-state index contributed by atoms with van der Waals surface area (Å²) >= 11 is 0. The number of rotatable bonds is 8. The van der Waals surface area contributed by atoms with Gasteiger partial charge in [-0.25, -0.2) is 0 Å². The molecule has 5 heteroatoms. The Bertz CT molecular complexity index is 909. The first kappa shape index (κ1) is 19.3. The van der Waals surface area contributed by atoms with Crippen LogP contribution in [0.1, 0.15) is 12.0 Å². The van der Waals surface area contributed by atoms with E-state index in [1.807, 2.05) is 72.8 Å². The lowest BCUT2D eigenvalue weighted by atomic mass is 10.1. The number of benzene rings is 3. The van der Waals surface area contributed by atoms with Crippen LogP contribution < -0.4 is 20.1 Å². The van der Waals surface area contributed by atoms with Crippen molar-refractivity contribution in [2.45, 2.75) is 12.8 Å². The first-order valence-electron chi connectivity index (χ1n) is 9.11. The minimum atomic E-state index is 0.00412. The van der Waals surface area contributed by atoms with E-state index in [1.165, 1.54) is 0 Å². The largest absolute Gasteiger partial charge is 0.493 e. The van der Waals surface area contributed by atoms with Crippen LogP contribution >= 0.6 is 0 Å². The van der Waals surface area contributed by atoms with Crippen molar-refractivity contribution >= 4 is 23.0 Å². The molecule has 0 heterocycles. The average molecular weight is 376 g/mol. The van der Waals surface area contributed by atoms with Gasteiger partial charge in [0.1, 0.15) is 0 Å². The van der Waals surface area contributed by atoms with Crippen molar-refractivity contribution in [2.24, 2.45) is 0 Å². The summed E-state index contributed by atoms with van der Waals surface area (Å²) < 4.78 is 10.6. The van der Waals surface area contributed by atoms with Gasteiger partial charge in [0.2, 0.25) is 5.91 Å². The van der Waals surface area contributed by atoms with Gasteiger partial charge in [-0.2, -0.15) is 0 Å². The van der Waals surface area contributed by atoms with Gasteiger partial charge in [0.05, 0.1) is 14.2 Å². The van der Waals surface area contributed by atoms with Crippen LogP contribution in [0.3, 0.4) is 0 Å². The summed E-state index contributed by atoms with van der Waals surface area (Å²) in [6, 6.07) is 23.2. The van der Waals surface area contributed by atoms with E-state index >= 15 is 0 Å². The summed E-state index contributed by atoms with van der Waals surface area (Å²) in [4.78, 5) is 12.1. The highest BCUT2D eigenvalue weighted by molar-refractivity contribution is 5.91. The van der Waals surface area contributed by atoms with Gasteiger partial charge in [-0.1, -0.05) is 30.3 Å². The molecule has 3 aromatic carbocycles. The zero-order chi connectivity index (χ0) is 19.8. The van der Waals surface area contributed by atoms with Crippen LogP contribution in [0.4, 0.5) is 17.1 Å². The van der Waals surface area contributed by atoms with E-state index in [1.54, 1.807) is 14.2 Å². The van der Waals surface area contributed by atoms with Gasteiger partial charge in [-0.05, 0) is 48.4 Å². The van der Waals surface area contributed by atoms with E-state index in [-0.39, 0.29) is 5.91 Å². The molecule has 2 N–H and O–H groups in total. The first-order valence-corrected chi connectivity index (χ1v) is 9.11. The Morgan fingerprint density at radius 2 is 1.43 bits per heavy atom. The summed E-state index contributed by atoms with van der Waals surface area (Å²) in [6.07, 6.45) is 1.18. The maximum atomic E-state index is 12.1. The van der Waals surface area contributed by atoms with Crippen LogP contribution in [0, 0.1) is 0 Å². The van der Waals surface area contributed by atoms with E-state index < -0.39 is 0 Å². The molecule has 3 aromatic rings. The predicted octanol–water partition coefficient (Wildman–Crippen LogP) is 5.02. The van der Waals surface area contributed by atoms with E-state index in [2.05, 4.69) is 10.6 Å². The number of amides is 1. The summed E-state index contributed by atoms with van der Waals surface area (Å²) in [5.41, 5.74) is 3.73. The van der Waals surface area contributed by atoms with Crippen molar-refractivity contribution in [1.29, 1.82) is 0 Å². The van der Waals surface area contributed by atoms with Gasteiger partial charge < -0.3 is 20.1 Å². The second-order valence-corrected chi connectivity index (χ2v) is 6.31. The fourth-order valence-corrected chi connectivity index (χ4v) is 2.84. The zero-order valence-corrected chi connectivity index (χ0v) is 16.1. The van der Waals surface area contributed by atoms with Gasteiger partial charge in [-0.15, -0.1) is 0 Å². The highest BCUT2D eigenvalue weighted by atomic mass is 16.5. The van der Waals surface area contributed by atoms with Crippen LogP contribution in [-0.4, -0.2) is 20.1 Å². The Labute approximate surface area is 165 Å². The van der Waals surface area contributed by atoms with E-state index in [0.29, 0.717) is 17.9 Å². The van der Waals surface area contributed by atoms with Crippen LogP contribution in [-0.2, 0) is 11.2 Å². The number of anilines is 3. The third-order valence-electron chi connectivity index (χ3n) is 4.32. The SMILES string of the molecule is COc1ccc(Nc2ccc(NC(=O)CCc3ccccc3)cc2)cc1OC. The fourth-order valence-electron chi connectivity index (χ4n) is 2.84. The second kappa shape index (κ2) is 9.46. The second-order valence-electron chi connectivity index (χ2n) is 6.31. The molecule has 0 unspecified atom stereocenters. The summed E-state index contributed by atoms with van der Waals surface area (Å²) in [6.45, 7) is 0. The van der Waals surface area contributed by atoms with Crippen molar-refractivity contribution in [2.75, 3.05) is 24.9 Å². The lowest BCUT2D eigenvalue weighted by Gasteiger charge is -2.12. The number of carbonyl (C=O) groups is 1. The molecule has 0 radical (unpaired) electrons. The predicted molar refractivity (Wildman–Crippen MR) is 113 cm³/mol. The number of hydrogen-bond acceptors (Lipinski definition) is 4. The molecule has 1 amide bonds. The molecule has 0 spiro atoms. The maximum Gasteiger partial charge on any atom is 0.224 e. The fraction of sp³-hybridized carbons (Fsp3) is 0.174. The average Bonchev–Trinajstić information content (AvgIpc) is 2.74. The third kappa shape index (κ3) is 5.27. The number of hydrogen-bond donors (Lipinski definition) is 2. The number of ether oxygens (including phenoxy) is 2. The molecule has 0 fully saturated rings. The van der Waals surface area contributed by atoms with Crippen LogP contribution in [0.5, 0.6) is 11.5 Å². The van der Waals surface area contributed by atoms with Crippen molar-refractivity contribution in [3.63, 3.8) is 0 Å². The maximum absolute atomic E-state index is 12.1. The molecule has 28 heavy (non-hydrogen) atoms. The van der Waals surface area contributed by atoms with E-state index in [9.17, 15) is 4.79 Å². The van der Waals surface area contributed by atoms with Gasteiger partial charge in [0.25, 0.3) is 0 Å². The topological polar surface area (TPSA) is 59.6 Å². The monoisotopic (exact) mass is 376 g/mol. The Hall–Kier alpha value is -3.47. The van der Waals surface area contributed by atoms with Crippen molar-refractivity contribution in [1.82, 2.24) is 0 Å². The van der Waals surface area contributed by atoms with Crippen molar-refractivity contribution in [3.05, 3.63) is 78.4 Å². The lowest BCUT2D eigenvalue weighted by molar-refractivity contribution is -0.116. The highest BCUT2D eigenvalue weighted by Crippen LogP contribution is 2.31. The normalized spacial score (nSPS) is 10.2. The Balaban J connectivity index is 1.55. The molecule has 0 aliphatic carbocycles. The quantitative estimate of drug-likeness (QED) is 0.580. The molecule has 0 saturated carbocycles. The van der Waals surface area contributed by atoms with Gasteiger partial charge in [0.15, 0.2) is 11.5 Å². The van der Waals surface area contributed by atoms with Crippen molar-refractivity contribution in [3.8, 4) is 11.5 Å². The molecule has 0 aliphatic rings. The number of methoxy groups -OCH3 is 2. The van der Waals surface area contributed by atoms with E-state index in [4.69, 9.17) is 9.47 Å². The Kier molecular flexibility index (Phi) is 6.52. The van der Waals surface area contributed by atoms with Gasteiger partial charge >= 0.3 is 0 Å². The first-order chi connectivity index (χ1) is 13.7. The number of nitrogens with one attached hydrogen (secondary N) is 2. The van der Waals surface area contributed by atoms with Gasteiger partial charge in [-0.3, -0.25) is 4.79 Å².